The second kappa shape index (κ2) is 11.9. The third kappa shape index (κ3) is 6.19. The summed E-state index contributed by atoms with van der Waals surface area (Å²) in [6, 6.07) is 30.6. The zero-order chi connectivity index (χ0) is 20.6. The summed E-state index contributed by atoms with van der Waals surface area (Å²) in [6.45, 7) is 0. The minimum Gasteiger partial charge on any atom is -0.837 e. The molecule has 150 valence electrons. The summed E-state index contributed by atoms with van der Waals surface area (Å²) in [5.74, 6) is 0. The maximum absolute atomic E-state index is 13.2. The number of hydrogen-bond acceptors (Lipinski definition) is 3. The molecule has 0 aliphatic rings. The van der Waals surface area contributed by atoms with E-state index < -0.39 is 6.23 Å². The first-order chi connectivity index (χ1) is 14.1. The molecule has 1 unspecified atom stereocenters. The number of hydrogen-bond donors (Lipinski definition) is 0. The van der Waals surface area contributed by atoms with Crippen LogP contribution in [0.15, 0.2) is 97.1 Å². The van der Waals surface area contributed by atoms with Crippen molar-refractivity contribution in [3.8, 4) is 0 Å². The predicted octanol–water partition coefficient (Wildman–Crippen LogP) is 1.37. The van der Waals surface area contributed by atoms with E-state index in [1.165, 1.54) is 5.56 Å². The van der Waals surface area contributed by atoms with Crippen molar-refractivity contribution in [1.82, 2.24) is 9.80 Å². The van der Waals surface area contributed by atoms with Gasteiger partial charge in [-0.1, -0.05) is 109 Å². The quantitative estimate of drug-likeness (QED) is 0.428. The van der Waals surface area contributed by atoms with Crippen LogP contribution < -0.4 is 24.0 Å². The predicted molar refractivity (Wildman–Crippen MR) is 119 cm³/mol. The van der Waals surface area contributed by atoms with E-state index in [1.807, 2.05) is 72.6 Å². The summed E-state index contributed by atoms with van der Waals surface area (Å²) in [5, 5.41) is 13.2. The van der Waals surface area contributed by atoms with E-state index in [-0.39, 0.29) is 30.9 Å². The Morgan fingerprint density at radius 2 is 1.10 bits per heavy atom. The summed E-state index contributed by atoms with van der Waals surface area (Å²) < 4.78 is 0. The molecule has 3 aromatic carbocycles. The first-order valence-corrected chi connectivity index (χ1v) is 9.95. The molecular weight excluding hydrogens is 363 g/mol. The number of nitrogens with zero attached hydrogens (tertiary/aromatic N) is 2. The van der Waals surface area contributed by atoms with Crippen molar-refractivity contribution >= 4 is 6.08 Å². The Balaban J connectivity index is 0.00000320. The van der Waals surface area contributed by atoms with Gasteiger partial charge in [-0.15, -0.1) is 0 Å². The Labute approximate surface area is 192 Å². The molecule has 0 fully saturated rings. The van der Waals surface area contributed by atoms with Crippen molar-refractivity contribution in [2.75, 3.05) is 21.1 Å². The van der Waals surface area contributed by atoms with Crippen LogP contribution in [0.4, 0.5) is 0 Å². The summed E-state index contributed by atoms with van der Waals surface area (Å²) in [4.78, 5) is 4.11. The van der Waals surface area contributed by atoms with Gasteiger partial charge in [-0.25, -0.2) is 0 Å². The van der Waals surface area contributed by atoms with Gasteiger partial charge in [0.1, 0.15) is 0 Å². The van der Waals surface area contributed by atoms with E-state index in [4.69, 9.17) is 0 Å². The van der Waals surface area contributed by atoms with Gasteiger partial charge in [0, 0.05) is 0 Å². The molecule has 0 amide bonds. The number of benzene rings is 3. The van der Waals surface area contributed by atoms with Gasteiger partial charge >= 0.3 is 18.9 Å². The van der Waals surface area contributed by atoms with Gasteiger partial charge in [-0.2, -0.15) is 0 Å². The van der Waals surface area contributed by atoms with Crippen molar-refractivity contribution in [2.24, 2.45) is 0 Å². The molecule has 0 N–H and O–H groups in total. The third-order valence-corrected chi connectivity index (χ3v) is 5.23. The average molecular weight is 392 g/mol. The fourth-order valence-corrected chi connectivity index (χ4v) is 3.76. The summed E-state index contributed by atoms with van der Waals surface area (Å²) in [5.41, 5.74) is 3.36. The second-order valence-corrected chi connectivity index (χ2v) is 7.50. The van der Waals surface area contributed by atoms with Crippen LogP contribution in [0.3, 0.4) is 0 Å². The third-order valence-electron chi connectivity index (χ3n) is 5.23. The van der Waals surface area contributed by atoms with Gasteiger partial charge in [-0.3, -0.25) is 0 Å². The van der Waals surface area contributed by atoms with E-state index in [1.54, 1.807) is 6.08 Å². The fraction of sp³-hybridized carbons (Fsp3) is 0.231. The van der Waals surface area contributed by atoms with Gasteiger partial charge in [0.15, 0.2) is 0 Å². The van der Waals surface area contributed by atoms with E-state index >= 15 is 0 Å². The van der Waals surface area contributed by atoms with Crippen LogP contribution in [0.25, 0.3) is 6.08 Å². The molecule has 4 heteroatoms. The molecule has 0 aromatic heterocycles. The van der Waals surface area contributed by atoms with E-state index in [9.17, 15) is 5.11 Å². The van der Waals surface area contributed by atoms with Gasteiger partial charge in [0.25, 0.3) is 0 Å². The van der Waals surface area contributed by atoms with Crippen LogP contribution in [0.2, 0.25) is 0 Å². The Bertz CT molecular complexity index is 885. The van der Waals surface area contributed by atoms with Gasteiger partial charge < -0.3 is 14.9 Å². The first kappa shape index (κ1) is 24.1. The van der Waals surface area contributed by atoms with Gasteiger partial charge in [0.2, 0.25) is 0 Å². The van der Waals surface area contributed by atoms with Crippen molar-refractivity contribution in [3.05, 3.63) is 114 Å². The molecule has 0 heterocycles. The molecule has 3 nitrogen and oxygen atoms in total. The van der Waals surface area contributed by atoms with Crippen LogP contribution in [0, 0.1) is 0 Å². The van der Waals surface area contributed by atoms with E-state index in [2.05, 4.69) is 55.4 Å². The van der Waals surface area contributed by atoms with Crippen LogP contribution in [-0.4, -0.2) is 37.2 Å². The van der Waals surface area contributed by atoms with Crippen molar-refractivity contribution < 1.29 is 24.0 Å². The Hall–Kier alpha value is -2.12. The molecule has 0 aliphatic carbocycles. The van der Waals surface area contributed by atoms with Crippen LogP contribution in [0.1, 0.15) is 28.8 Å². The van der Waals surface area contributed by atoms with E-state index in [0.29, 0.717) is 0 Å². The topological polar surface area (TPSA) is 29.5 Å². The summed E-state index contributed by atoms with van der Waals surface area (Å²) >= 11 is 0. The molecule has 30 heavy (non-hydrogen) atoms. The molecule has 0 saturated heterocycles. The SMILES string of the molecule is CN(C)[C@@H](c1ccccc1)[C@H](c1ccccc1)N(C)C([O-])/C=C/c1ccccc1.[Li+]. The van der Waals surface area contributed by atoms with Crippen molar-refractivity contribution in [1.29, 1.82) is 0 Å². The normalized spacial score (nSPS) is 14.5. The molecule has 0 spiro atoms. The zero-order valence-electron chi connectivity index (χ0n) is 18.3. The van der Waals surface area contributed by atoms with Gasteiger partial charge in [-0.05, 0) is 37.8 Å². The smallest absolute Gasteiger partial charge is 0.837 e. The maximum Gasteiger partial charge on any atom is 1.00 e. The van der Waals surface area contributed by atoms with Crippen molar-refractivity contribution in [2.45, 2.75) is 18.3 Å². The minimum atomic E-state index is -0.966. The first-order valence-electron chi connectivity index (χ1n) is 9.95. The summed E-state index contributed by atoms with van der Waals surface area (Å²) in [7, 11) is 6.06. The molecule has 0 radical (unpaired) electrons. The molecule has 0 saturated carbocycles. The monoisotopic (exact) mass is 392 g/mol. The van der Waals surface area contributed by atoms with Crippen molar-refractivity contribution in [3.63, 3.8) is 0 Å². The molecule has 0 aliphatic heterocycles. The van der Waals surface area contributed by atoms with Crippen LogP contribution in [-0.2, 0) is 0 Å². The Morgan fingerprint density at radius 1 is 0.667 bits per heavy atom. The number of likely N-dealkylation sites (N-methyl/N-ethyl adjacent to an activating group) is 2. The average Bonchev–Trinajstić information content (AvgIpc) is 2.77. The zero-order valence-corrected chi connectivity index (χ0v) is 18.3. The molecule has 0 bridgehead atoms. The fourth-order valence-electron chi connectivity index (χ4n) is 3.76. The molecule has 3 atom stereocenters. The molecule has 3 rings (SSSR count). The Morgan fingerprint density at radius 3 is 1.57 bits per heavy atom. The number of rotatable bonds is 8. The molecular formula is C26H29LiN2O. The van der Waals surface area contributed by atoms with Gasteiger partial charge in [0.05, 0.1) is 12.1 Å². The van der Waals surface area contributed by atoms with Crippen LogP contribution in [0.5, 0.6) is 0 Å². The second-order valence-electron chi connectivity index (χ2n) is 7.50. The summed E-state index contributed by atoms with van der Waals surface area (Å²) in [6.07, 6.45) is 2.68. The minimum absolute atomic E-state index is 0. The standard InChI is InChI=1S/C26H29N2O.Li/c1-27(2)25(22-15-9-5-10-16-22)26(23-17-11-6-12-18-23)28(3)24(29)20-19-21-13-7-4-8-14-21;/h4-20,24-26H,1-3H3;/q-1;+1/b20-19+;/t24?,25-,26-;/m0./s1. The largest absolute Gasteiger partial charge is 1.00 e. The Kier molecular flexibility index (Phi) is 9.59. The molecule has 3 aromatic rings. The van der Waals surface area contributed by atoms with E-state index in [0.717, 1.165) is 11.1 Å². The van der Waals surface area contributed by atoms with Crippen LogP contribution >= 0.6 is 0 Å². The maximum atomic E-state index is 13.2.